The topological polar surface area (TPSA) is 66.5 Å². The Morgan fingerprint density at radius 1 is 1.50 bits per heavy atom. The second-order valence-electron chi connectivity index (χ2n) is 2.50. The molecule has 0 amide bonds. The summed E-state index contributed by atoms with van der Waals surface area (Å²) in [6.45, 7) is -0.190. The molecule has 0 fully saturated rings. The van der Waals surface area contributed by atoms with E-state index in [0.29, 0.717) is 10.5 Å². The Labute approximate surface area is 76.2 Å². The highest BCUT2D eigenvalue weighted by atomic mass is 32.1. The van der Waals surface area contributed by atoms with Crippen LogP contribution in [0.4, 0.5) is 0 Å². The number of hydrogen-bond acceptors (Lipinski definition) is 4. The summed E-state index contributed by atoms with van der Waals surface area (Å²) in [6.07, 6.45) is 0. The fraction of sp³-hybridized carbons (Fsp3) is 0.250. The van der Waals surface area contributed by atoms with Crippen molar-refractivity contribution in [3.63, 3.8) is 0 Å². The van der Waals surface area contributed by atoms with Crippen LogP contribution in [0.5, 0.6) is 5.75 Å². The number of aromatic hydroxyl groups is 1. The summed E-state index contributed by atoms with van der Waals surface area (Å²) in [6, 6.07) is 4.51. The molecular formula is C8H11NO2S. The van der Waals surface area contributed by atoms with E-state index < -0.39 is 6.04 Å². The number of phenolic OH excluding ortho intramolecular Hbond substituents is 1. The van der Waals surface area contributed by atoms with Gasteiger partial charge in [0.15, 0.2) is 0 Å². The molecule has 0 unspecified atom stereocenters. The molecule has 1 aromatic carbocycles. The molecule has 66 valence electrons. The van der Waals surface area contributed by atoms with Crippen molar-refractivity contribution in [2.45, 2.75) is 10.9 Å². The standard InChI is InChI=1S/C8H11NO2S/c9-6(4-10)5-2-1-3-7(12)8(5)11/h1-3,6,10-12H,4,9H2/t6-/m1/s1. The molecule has 1 rings (SSSR count). The molecule has 1 aromatic rings. The van der Waals surface area contributed by atoms with Gasteiger partial charge in [0.2, 0.25) is 0 Å². The van der Waals surface area contributed by atoms with Gasteiger partial charge in [0, 0.05) is 10.5 Å². The first-order chi connectivity index (χ1) is 5.66. The van der Waals surface area contributed by atoms with Gasteiger partial charge in [0.05, 0.1) is 12.6 Å². The van der Waals surface area contributed by atoms with Crippen molar-refractivity contribution in [1.82, 2.24) is 0 Å². The van der Waals surface area contributed by atoms with Crippen molar-refractivity contribution < 1.29 is 10.2 Å². The van der Waals surface area contributed by atoms with E-state index in [2.05, 4.69) is 12.6 Å². The summed E-state index contributed by atoms with van der Waals surface area (Å²) in [5.74, 6) is 0.0439. The van der Waals surface area contributed by atoms with E-state index >= 15 is 0 Å². The number of aliphatic hydroxyl groups excluding tert-OH is 1. The second kappa shape index (κ2) is 3.80. The Balaban J connectivity index is 3.07. The Hall–Kier alpha value is -0.710. The minimum atomic E-state index is -0.544. The van der Waals surface area contributed by atoms with Crippen molar-refractivity contribution in [2.75, 3.05) is 6.61 Å². The number of para-hydroxylation sites is 1. The molecule has 0 aliphatic carbocycles. The normalized spacial score (nSPS) is 12.9. The minimum absolute atomic E-state index is 0.0439. The third-order valence-corrected chi connectivity index (χ3v) is 2.00. The van der Waals surface area contributed by atoms with E-state index in [-0.39, 0.29) is 12.4 Å². The van der Waals surface area contributed by atoms with Gasteiger partial charge >= 0.3 is 0 Å². The number of aliphatic hydroxyl groups is 1. The third kappa shape index (κ3) is 1.72. The predicted octanol–water partition coefficient (Wildman–Crippen LogP) is 0.673. The van der Waals surface area contributed by atoms with E-state index in [1.54, 1.807) is 18.2 Å². The maximum Gasteiger partial charge on any atom is 0.133 e. The number of benzene rings is 1. The van der Waals surface area contributed by atoms with E-state index in [1.807, 2.05) is 0 Å². The zero-order valence-electron chi connectivity index (χ0n) is 6.44. The van der Waals surface area contributed by atoms with Crippen LogP contribution in [0.2, 0.25) is 0 Å². The highest BCUT2D eigenvalue weighted by molar-refractivity contribution is 7.80. The fourth-order valence-corrected chi connectivity index (χ4v) is 1.16. The van der Waals surface area contributed by atoms with E-state index in [1.165, 1.54) is 0 Å². The number of rotatable bonds is 2. The average molecular weight is 185 g/mol. The lowest BCUT2D eigenvalue weighted by Crippen LogP contribution is -2.14. The lowest BCUT2D eigenvalue weighted by Gasteiger charge is -2.11. The molecule has 0 aliphatic heterocycles. The van der Waals surface area contributed by atoms with Gasteiger partial charge in [-0.15, -0.1) is 12.6 Å². The van der Waals surface area contributed by atoms with Crippen LogP contribution in [0.15, 0.2) is 23.1 Å². The smallest absolute Gasteiger partial charge is 0.133 e. The molecule has 4 heteroatoms. The molecule has 1 atom stereocenters. The van der Waals surface area contributed by atoms with Crippen molar-refractivity contribution in [2.24, 2.45) is 5.73 Å². The monoisotopic (exact) mass is 185 g/mol. The van der Waals surface area contributed by atoms with E-state index in [0.717, 1.165) is 0 Å². The number of hydrogen-bond donors (Lipinski definition) is 4. The van der Waals surface area contributed by atoms with E-state index in [9.17, 15) is 5.11 Å². The maximum atomic E-state index is 9.43. The Bertz CT molecular complexity index is 278. The Kier molecular flexibility index (Phi) is 2.97. The molecular weight excluding hydrogens is 174 g/mol. The largest absolute Gasteiger partial charge is 0.506 e. The summed E-state index contributed by atoms with van der Waals surface area (Å²) in [7, 11) is 0. The van der Waals surface area contributed by atoms with Gasteiger partial charge < -0.3 is 15.9 Å². The van der Waals surface area contributed by atoms with Crippen molar-refractivity contribution in [3.8, 4) is 5.75 Å². The molecule has 0 aliphatic rings. The number of thiol groups is 1. The molecule has 0 saturated carbocycles. The zero-order chi connectivity index (χ0) is 9.14. The fourth-order valence-electron chi connectivity index (χ4n) is 0.946. The summed E-state index contributed by atoms with van der Waals surface area (Å²) < 4.78 is 0. The molecule has 12 heavy (non-hydrogen) atoms. The maximum absolute atomic E-state index is 9.43. The van der Waals surface area contributed by atoms with Crippen LogP contribution < -0.4 is 5.73 Å². The van der Waals surface area contributed by atoms with Crippen LogP contribution in [0, 0.1) is 0 Å². The molecule has 0 spiro atoms. The molecule has 0 aromatic heterocycles. The van der Waals surface area contributed by atoms with Crippen LogP contribution >= 0.6 is 12.6 Å². The van der Waals surface area contributed by atoms with Gasteiger partial charge in [-0.1, -0.05) is 12.1 Å². The summed E-state index contributed by atoms with van der Waals surface area (Å²) in [5, 5.41) is 18.2. The van der Waals surface area contributed by atoms with Crippen LogP contribution in [0.25, 0.3) is 0 Å². The third-order valence-electron chi connectivity index (χ3n) is 1.64. The molecule has 0 heterocycles. The first-order valence-corrected chi connectivity index (χ1v) is 3.98. The molecule has 0 saturated heterocycles. The van der Waals surface area contributed by atoms with Gasteiger partial charge in [-0.05, 0) is 6.07 Å². The van der Waals surface area contributed by atoms with E-state index in [4.69, 9.17) is 10.8 Å². The first-order valence-electron chi connectivity index (χ1n) is 3.54. The van der Waals surface area contributed by atoms with Crippen LogP contribution in [0.3, 0.4) is 0 Å². The van der Waals surface area contributed by atoms with Crippen molar-refractivity contribution >= 4 is 12.6 Å². The quantitative estimate of drug-likeness (QED) is 0.512. The van der Waals surface area contributed by atoms with Gasteiger partial charge in [0.25, 0.3) is 0 Å². The summed E-state index contributed by atoms with van der Waals surface area (Å²) in [4.78, 5) is 0.469. The highest BCUT2D eigenvalue weighted by Gasteiger charge is 2.10. The van der Waals surface area contributed by atoms with Gasteiger partial charge in [-0.2, -0.15) is 0 Å². The second-order valence-corrected chi connectivity index (χ2v) is 2.99. The zero-order valence-corrected chi connectivity index (χ0v) is 7.33. The lowest BCUT2D eigenvalue weighted by atomic mass is 10.1. The average Bonchev–Trinajstić information content (AvgIpc) is 2.08. The molecule has 0 bridgehead atoms. The highest BCUT2D eigenvalue weighted by Crippen LogP contribution is 2.28. The SMILES string of the molecule is N[C@H](CO)c1cccc(S)c1O. The Morgan fingerprint density at radius 3 is 2.75 bits per heavy atom. The van der Waals surface area contributed by atoms with Crippen LogP contribution in [-0.2, 0) is 0 Å². The van der Waals surface area contributed by atoms with Crippen LogP contribution in [-0.4, -0.2) is 16.8 Å². The Morgan fingerprint density at radius 2 is 2.17 bits per heavy atom. The van der Waals surface area contributed by atoms with Crippen molar-refractivity contribution in [1.29, 1.82) is 0 Å². The minimum Gasteiger partial charge on any atom is -0.506 e. The van der Waals surface area contributed by atoms with Crippen molar-refractivity contribution in [3.05, 3.63) is 23.8 Å². The number of nitrogens with two attached hydrogens (primary N) is 1. The molecule has 3 nitrogen and oxygen atoms in total. The van der Waals surface area contributed by atoms with Gasteiger partial charge in [-0.25, -0.2) is 0 Å². The first kappa shape index (κ1) is 9.38. The molecule has 4 N–H and O–H groups in total. The predicted molar refractivity (Wildman–Crippen MR) is 49.4 cm³/mol. The molecule has 0 radical (unpaired) electrons. The van der Waals surface area contributed by atoms with Gasteiger partial charge in [0.1, 0.15) is 5.75 Å². The van der Waals surface area contributed by atoms with Crippen LogP contribution in [0.1, 0.15) is 11.6 Å². The summed E-state index contributed by atoms with van der Waals surface area (Å²) in [5.41, 5.74) is 6.04. The number of phenols is 1. The lowest BCUT2D eigenvalue weighted by molar-refractivity contribution is 0.265. The summed E-state index contributed by atoms with van der Waals surface area (Å²) >= 11 is 4.01. The van der Waals surface area contributed by atoms with Gasteiger partial charge in [-0.3, -0.25) is 0 Å².